The Kier molecular flexibility index (Phi) is 5.29. The van der Waals surface area contributed by atoms with Crippen LogP contribution in [0, 0.1) is 0 Å². The number of rotatable bonds is 7. The van der Waals surface area contributed by atoms with Gasteiger partial charge in [-0.25, -0.2) is 13.1 Å². The minimum atomic E-state index is -4.45. The molecule has 0 aliphatic rings. The molecule has 0 atom stereocenters. The zero-order chi connectivity index (χ0) is 14.5. The lowest BCUT2D eigenvalue weighted by Crippen LogP contribution is -2.29. The average Bonchev–Trinajstić information content (AvgIpc) is 2.75. The van der Waals surface area contributed by atoms with Crippen LogP contribution in [0.4, 0.5) is 13.2 Å². The molecule has 0 bridgehead atoms. The van der Waals surface area contributed by atoms with Gasteiger partial charge in [-0.15, -0.1) is 0 Å². The summed E-state index contributed by atoms with van der Waals surface area (Å²) in [5, 5.41) is 14.2. The highest BCUT2D eigenvalue weighted by atomic mass is 32.2. The molecular weight excluding hydrogens is 291 g/mol. The summed E-state index contributed by atoms with van der Waals surface area (Å²) >= 11 is 0. The van der Waals surface area contributed by atoms with Crippen LogP contribution >= 0.6 is 0 Å². The molecule has 1 aromatic heterocycles. The predicted octanol–water partition coefficient (Wildman–Crippen LogP) is -0.241. The maximum atomic E-state index is 11.7. The quantitative estimate of drug-likeness (QED) is 0.603. The Morgan fingerprint density at radius 1 is 1.47 bits per heavy atom. The summed E-state index contributed by atoms with van der Waals surface area (Å²) in [6.45, 7) is -2.73. The maximum absolute atomic E-state index is 11.7. The van der Waals surface area contributed by atoms with Crippen LogP contribution in [0.5, 0.6) is 0 Å². The number of halogens is 3. The number of aliphatic hydroxyl groups excluding tert-OH is 1. The van der Waals surface area contributed by atoms with Crippen LogP contribution in [0.2, 0.25) is 0 Å². The van der Waals surface area contributed by atoms with Crippen molar-refractivity contribution in [2.24, 2.45) is 0 Å². The van der Waals surface area contributed by atoms with Gasteiger partial charge in [0.2, 0.25) is 0 Å². The molecular formula is C8H12F3N3O4S. The number of hydrogen-bond acceptors (Lipinski definition) is 5. The molecule has 0 aliphatic heterocycles. The van der Waals surface area contributed by atoms with Crippen molar-refractivity contribution in [3.05, 3.63) is 11.8 Å². The first-order valence-electron chi connectivity index (χ1n) is 5.03. The molecule has 0 saturated carbocycles. The molecule has 0 unspecified atom stereocenters. The number of aromatic nitrogens is 2. The van der Waals surface area contributed by atoms with E-state index in [1.54, 1.807) is 0 Å². The minimum Gasteiger partial charge on any atom is -0.392 e. The van der Waals surface area contributed by atoms with Crippen LogP contribution in [0.15, 0.2) is 11.2 Å². The van der Waals surface area contributed by atoms with Gasteiger partial charge in [0, 0.05) is 12.1 Å². The lowest BCUT2D eigenvalue weighted by atomic mass is 10.4. The summed E-state index contributed by atoms with van der Waals surface area (Å²) in [7, 11) is -3.96. The fourth-order valence-electron chi connectivity index (χ4n) is 1.15. The highest BCUT2D eigenvalue weighted by molar-refractivity contribution is 7.89. The fraction of sp³-hybridized carbons (Fsp3) is 0.625. The molecule has 7 nitrogen and oxygen atoms in total. The number of ether oxygens (including phenoxy) is 1. The molecule has 110 valence electrons. The molecule has 1 heterocycles. The summed E-state index contributed by atoms with van der Waals surface area (Å²) < 4.78 is 64.8. The standard InChI is InChI=1S/C8H12F3N3O4S/c9-8(10,11)5-18-2-1-13-19(16,17)7-6(4-15)3-12-14-7/h3,13,15H,1-2,4-5H2,(H,12,14). The molecule has 0 aromatic carbocycles. The topological polar surface area (TPSA) is 104 Å². The van der Waals surface area contributed by atoms with Crippen LogP contribution in [-0.4, -0.2) is 49.7 Å². The molecule has 0 amide bonds. The van der Waals surface area contributed by atoms with Gasteiger partial charge in [0.15, 0.2) is 5.03 Å². The van der Waals surface area contributed by atoms with Gasteiger partial charge in [-0.05, 0) is 0 Å². The third-order valence-corrected chi connectivity index (χ3v) is 3.40. The molecule has 3 N–H and O–H groups in total. The molecule has 0 spiro atoms. The molecule has 1 aromatic rings. The highest BCUT2D eigenvalue weighted by Gasteiger charge is 2.27. The second-order valence-corrected chi connectivity index (χ2v) is 5.15. The fourth-order valence-corrected chi connectivity index (χ4v) is 2.28. The van der Waals surface area contributed by atoms with E-state index in [0.717, 1.165) is 6.20 Å². The van der Waals surface area contributed by atoms with E-state index < -0.39 is 36.0 Å². The lowest BCUT2D eigenvalue weighted by molar-refractivity contribution is -0.173. The largest absolute Gasteiger partial charge is 0.411 e. The summed E-state index contributed by atoms with van der Waals surface area (Å²) in [5.74, 6) is 0. The number of aliphatic hydroxyl groups is 1. The van der Waals surface area contributed by atoms with Crippen LogP contribution < -0.4 is 4.72 Å². The number of sulfonamides is 1. The summed E-state index contributed by atoms with van der Waals surface area (Å²) in [6.07, 6.45) is -3.32. The van der Waals surface area contributed by atoms with E-state index in [-0.39, 0.29) is 17.1 Å². The van der Waals surface area contributed by atoms with E-state index in [9.17, 15) is 21.6 Å². The van der Waals surface area contributed by atoms with Crippen molar-refractivity contribution in [3.63, 3.8) is 0 Å². The second kappa shape index (κ2) is 6.32. The van der Waals surface area contributed by atoms with E-state index >= 15 is 0 Å². The van der Waals surface area contributed by atoms with Crippen molar-refractivity contribution >= 4 is 10.0 Å². The van der Waals surface area contributed by atoms with Crippen molar-refractivity contribution in [3.8, 4) is 0 Å². The van der Waals surface area contributed by atoms with E-state index in [1.165, 1.54) is 0 Å². The summed E-state index contributed by atoms with van der Waals surface area (Å²) in [4.78, 5) is 0. The monoisotopic (exact) mass is 303 g/mol. The van der Waals surface area contributed by atoms with E-state index in [4.69, 9.17) is 5.11 Å². The predicted molar refractivity (Wildman–Crippen MR) is 56.6 cm³/mol. The zero-order valence-corrected chi connectivity index (χ0v) is 10.4. The molecule has 1 rings (SSSR count). The van der Waals surface area contributed by atoms with Gasteiger partial charge in [-0.3, -0.25) is 5.10 Å². The van der Waals surface area contributed by atoms with Crippen molar-refractivity contribution in [2.75, 3.05) is 19.8 Å². The summed E-state index contributed by atoms with van der Waals surface area (Å²) in [5.41, 5.74) is 0.0590. The van der Waals surface area contributed by atoms with Gasteiger partial charge in [-0.1, -0.05) is 0 Å². The van der Waals surface area contributed by atoms with Gasteiger partial charge < -0.3 is 9.84 Å². The number of H-pyrrole nitrogens is 1. The second-order valence-electron chi connectivity index (χ2n) is 3.45. The normalized spacial score (nSPS) is 12.8. The SMILES string of the molecule is O=S(=O)(NCCOCC(F)(F)F)c1[nH]ncc1CO. The number of aromatic amines is 1. The molecule has 0 fully saturated rings. The number of nitrogens with one attached hydrogen (secondary N) is 2. The first-order chi connectivity index (χ1) is 8.76. The zero-order valence-electron chi connectivity index (χ0n) is 9.57. The third-order valence-electron chi connectivity index (χ3n) is 1.92. The van der Waals surface area contributed by atoms with E-state index in [1.807, 2.05) is 4.72 Å². The van der Waals surface area contributed by atoms with Gasteiger partial charge in [0.1, 0.15) is 6.61 Å². The Labute approximate surface area is 106 Å². The van der Waals surface area contributed by atoms with Gasteiger partial charge in [0.25, 0.3) is 10.0 Å². The molecule has 0 radical (unpaired) electrons. The van der Waals surface area contributed by atoms with Crippen LogP contribution in [0.1, 0.15) is 5.56 Å². The first-order valence-corrected chi connectivity index (χ1v) is 6.52. The molecule has 0 aliphatic carbocycles. The Morgan fingerprint density at radius 2 is 2.16 bits per heavy atom. The van der Waals surface area contributed by atoms with Gasteiger partial charge in [-0.2, -0.15) is 18.3 Å². The first kappa shape index (κ1) is 15.9. The van der Waals surface area contributed by atoms with E-state index in [0.29, 0.717) is 0 Å². The Bertz CT molecular complexity index is 500. The number of nitrogens with zero attached hydrogens (tertiary/aromatic N) is 1. The molecule has 0 saturated heterocycles. The van der Waals surface area contributed by atoms with Crippen LogP contribution in [0.3, 0.4) is 0 Å². The molecule has 19 heavy (non-hydrogen) atoms. The Balaban J connectivity index is 2.44. The smallest absolute Gasteiger partial charge is 0.392 e. The molecule has 11 heteroatoms. The average molecular weight is 303 g/mol. The van der Waals surface area contributed by atoms with Crippen molar-refractivity contribution in [2.45, 2.75) is 17.8 Å². The maximum Gasteiger partial charge on any atom is 0.411 e. The number of alkyl halides is 3. The van der Waals surface area contributed by atoms with Crippen LogP contribution in [0.25, 0.3) is 0 Å². The van der Waals surface area contributed by atoms with Gasteiger partial charge >= 0.3 is 6.18 Å². The van der Waals surface area contributed by atoms with E-state index in [2.05, 4.69) is 14.9 Å². The minimum absolute atomic E-state index is 0.0590. The number of hydrogen-bond donors (Lipinski definition) is 3. The van der Waals surface area contributed by atoms with Crippen molar-refractivity contribution in [1.82, 2.24) is 14.9 Å². The van der Waals surface area contributed by atoms with Gasteiger partial charge in [0.05, 0.1) is 19.4 Å². The summed E-state index contributed by atoms with van der Waals surface area (Å²) in [6, 6.07) is 0. The Morgan fingerprint density at radius 3 is 2.74 bits per heavy atom. The Hall–Kier alpha value is -1.17. The highest BCUT2D eigenvalue weighted by Crippen LogP contribution is 2.14. The van der Waals surface area contributed by atoms with Crippen molar-refractivity contribution < 1.29 is 31.4 Å². The van der Waals surface area contributed by atoms with Crippen molar-refractivity contribution in [1.29, 1.82) is 0 Å². The third kappa shape index (κ3) is 5.14. The lowest BCUT2D eigenvalue weighted by Gasteiger charge is -2.08. The van der Waals surface area contributed by atoms with Crippen LogP contribution in [-0.2, 0) is 21.4 Å².